The Kier molecular flexibility index (Phi) is 3.59. The number of thiophene rings is 1. The topological polar surface area (TPSA) is 29.1 Å². The molecule has 88 valence electrons. The zero-order chi connectivity index (χ0) is 12.4. The number of amides is 1. The van der Waals surface area contributed by atoms with Crippen LogP contribution in [0.4, 0.5) is 10.1 Å². The maximum Gasteiger partial charge on any atom is 0.265 e. The van der Waals surface area contributed by atoms with Gasteiger partial charge < -0.3 is 5.32 Å². The van der Waals surface area contributed by atoms with E-state index in [4.69, 9.17) is 0 Å². The third kappa shape index (κ3) is 2.92. The first-order valence-corrected chi connectivity index (χ1v) is 6.50. The van der Waals surface area contributed by atoms with Crippen LogP contribution in [-0.4, -0.2) is 5.91 Å². The van der Waals surface area contributed by atoms with Crippen LogP contribution in [0.5, 0.6) is 0 Å². The van der Waals surface area contributed by atoms with Crippen LogP contribution in [-0.2, 0) is 0 Å². The predicted molar refractivity (Wildman–Crippen MR) is 71.1 cm³/mol. The van der Waals surface area contributed by atoms with Crippen molar-refractivity contribution < 1.29 is 9.18 Å². The monoisotopic (exact) mass is 313 g/mol. The van der Waals surface area contributed by atoms with E-state index >= 15 is 0 Å². The highest BCUT2D eigenvalue weighted by Gasteiger charge is 2.11. The largest absolute Gasteiger partial charge is 0.319 e. The second-order valence-corrected chi connectivity index (χ2v) is 5.69. The zero-order valence-corrected chi connectivity index (χ0v) is 11.4. The average molecular weight is 314 g/mol. The van der Waals surface area contributed by atoms with Crippen LogP contribution in [0.25, 0.3) is 0 Å². The van der Waals surface area contributed by atoms with Gasteiger partial charge in [0, 0.05) is 9.35 Å². The molecule has 1 aromatic carbocycles. The average Bonchev–Trinajstić information content (AvgIpc) is 2.69. The van der Waals surface area contributed by atoms with Crippen LogP contribution >= 0.6 is 27.3 Å². The number of aryl methyl sites for hydroxylation is 1. The highest BCUT2D eigenvalue weighted by Crippen LogP contribution is 2.21. The first kappa shape index (κ1) is 12.3. The summed E-state index contributed by atoms with van der Waals surface area (Å²) in [4.78, 5) is 13.4. The van der Waals surface area contributed by atoms with Gasteiger partial charge in [-0.05, 0) is 37.3 Å². The molecule has 0 saturated carbocycles. The van der Waals surface area contributed by atoms with Gasteiger partial charge in [0.25, 0.3) is 5.91 Å². The van der Waals surface area contributed by atoms with Crippen LogP contribution in [0.15, 0.2) is 34.8 Å². The standard InChI is InChI=1S/C12H9BrFNOS/c1-7-2-5-11(17-7)12(16)15-10-4-3-8(13)6-9(10)14/h2-6H,1H3,(H,15,16). The van der Waals surface area contributed by atoms with E-state index in [1.54, 1.807) is 12.1 Å². The quantitative estimate of drug-likeness (QED) is 0.884. The second kappa shape index (κ2) is 4.98. The molecule has 0 aliphatic rings. The Morgan fingerprint density at radius 3 is 2.71 bits per heavy atom. The summed E-state index contributed by atoms with van der Waals surface area (Å²) < 4.78 is 14.1. The predicted octanol–water partition coefficient (Wildman–Crippen LogP) is 4.21. The summed E-state index contributed by atoms with van der Waals surface area (Å²) >= 11 is 4.54. The first-order chi connectivity index (χ1) is 8.06. The van der Waals surface area contributed by atoms with Gasteiger partial charge in [-0.2, -0.15) is 0 Å². The van der Waals surface area contributed by atoms with Crippen molar-refractivity contribution in [3.05, 3.63) is 50.4 Å². The molecule has 0 aliphatic carbocycles. The Bertz CT molecular complexity index is 567. The lowest BCUT2D eigenvalue weighted by atomic mass is 10.3. The number of rotatable bonds is 2. The highest BCUT2D eigenvalue weighted by molar-refractivity contribution is 9.10. The first-order valence-electron chi connectivity index (χ1n) is 4.89. The van der Waals surface area contributed by atoms with E-state index in [-0.39, 0.29) is 11.6 Å². The third-order valence-corrected chi connectivity index (χ3v) is 3.64. The van der Waals surface area contributed by atoms with Crippen molar-refractivity contribution in [1.82, 2.24) is 0 Å². The molecule has 0 unspecified atom stereocenters. The van der Waals surface area contributed by atoms with Gasteiger partial charge in [-0.1, -0.05) is 15.9 Å². The molecule has 2 aromatic rings. The lowest BCUT2D eigenvalue weighted by Crippen LogP contribution is -2.11. The van der Waals surface area contributed by atoms with Gasteiger partial charge in [0.2, 0.25) is 0 Å². The van der Waals surface area contributed by atoms with Gasteiger partial charge in [-0.15, -0.1) is 11.3 Å². The summed E-state index contributed by atoms with van der Waals surface area (Å²) in [7, 11) is 0. The molecular formula is C12H9BrFNOS. The minimum atomic E-state index is -0.457. The van der Waals surface area contributed by atoms with Gasteiger partial charge in [0.1, 0.15) is 5.82 Å². The number of carbonyl (C=O) groups is 1. The number of anilines is 1. The number of halogens is 2. The van der Waals surface area contributed by atoms with E-state index < -0.39 is 5.82 Å². The molecular weight excluding hydrogens is 305 g/mol. The number of hydrogen-bond acceptors (Lipinski definition) is 2. The minimum absolute atomic E-state index is 0.184. The Hall–Kier alpha value is -1.20. The Balaban J connectivity index is 2.18. The molecule has 0 bridgehead atoms. The Labute approximate surface area is 111 Å². The van der Waals surface area contributed by atoms with E-state index in [1.807, 2.05) is 13.0 Å². The minimum Gasteiger partial charge on any atom is -0.319 e. The second-order valence-electron chi connectivity index (χ2n) is 3.49. The fourth-order valence-corrected chi connectivity index (χ4v) is 2.43. The Morgan fingerprint density at radius 1 is 1.35 bits per heavy atom. The lowest BCUT2D eigenvalue weighted by molar-refractivity contribution is 0.103. The molecule has 5 heteroatoms. The summed E-state index contributed by atoms with van der Waals surface area (Å²) in [6, 6.07) is 8.11. The van der Waals surface area contributed by atoms with Gasteiger partial charge in [-0.3, -0.25) is 4.79 Å². The SMILES string of the molecule is Cc1ccc(C(=O)Nc2ccc(Br)cc2F)s1. The molecule has 0 spiro atoms. The molecule has 0 radical (unpaired) electrons. The molecule has 2 rings (SSSR count). The van der Waals surface area contributed by atoms with Crippen molar-refractivity contribution in [3.63, 3.8) is 0 Å². The van der Waals surface area contributed by atoms with Crippen LogP contribution in [0.3, 0.4) is 0 Å². The van der Waals surface area contributed by atoms with Crippen molar-refractivity contribution in [2.24, 2.45) is 0 Å². The summed E-state index contributed by atoms with van der Waals surface area (Å²) in [6.45, 7) is 1.92. The normalized spacial score (nSPS) is 10.3. The van der Waals surface area contributed by atoms with Crippen molar-refractivity contribution in [2.45, 2.75) is 6.92 Å². The van der Waals surface area contributed by atoms with Crippen LogP contribution < -0.4 is 5.32 Å². The van der Waals surface area contributed by atoms with Crippen molar-refractivity contribution in [3.8, 4) is 0 Å². The molecule has 1 aromatic heterocycles. The van der Waals surface area contributed by atoms with Crippen molar-refractivity contribution in [2.75, 3.05) is 5.32 Å². The summed E-state index contributed by atoms with van der Waals surface area (Å²) in [5.74, 6) is -0.745. The third-order valence-electron chi connectivity index (χ3n) is 2.14. The molecule has 1 heterocycles. The maximum atomic E-state index is 13.5. The lowest BCUT2D eigenvalue weighted by Gasteiger charge is -2.05. The van der Waals surface area contributed by atoms with E-state index in [1.165, 1.54) is 23.5 Å². The maximum absolute atomic E-state index is 13.5. The van der Waals surface area contributed by atoms with Crippen molar-refractivity contribution >= 4 is 38.9 Å². The van der Waals surface area contributed by atoms with Gasteiger partial charge in [0.15, 0.2) is 0 Å². The fourth-order valence-electron chi connectivity index (χ4n) is 1.33. The van der Waals surface area contributed by atoms with E-state index in [2.05, 4.69) is 21.2 Å². The summed E-state index contributed by atoms with van der Waals surface area (Å²) in [5.41, 5.74) is 0.184. The number of benzene rings is 1. The molecule has 0 atom stereocenters. The molecule has 17 heavy (non-hydrogen) atoms. The van der Waals surface area contributed by atoms with Crippen LogP contribution in [0.2, 0.25) is 0 Å². The van der Waals surface area contributed by atoms with Gasteiger partial charge in [0.05, 0.1) is 10.6 Å². The number of carbonyl (C=O) groups excluding carboxylic acids is 1. The number of nitrogens with one attached hydrogen (secondary N) is 1. The van der Waals surface area contributed by atoms with Gasteiger partial charge in [-0.25, -0.2) is 4.39 Å². The zero-order valence-electron chi connectivity index (χ0n) is 8.96. The van der Waals surface area contributed by atoms with E-state index in [0.717, 1.165) is 4.88 Å². The molecule has 0 fully saturated rings. The van der Waals surface area contributed by atoms with Crippen molar-refractivity contribution in [1.29, 1.82) is 0 Å². The molecule has 1 amide bonds. The highest BCUT2D eigenvalue weighted by atomic mass is 79.9. The molecule has 0 aliphatic heterocycles. The molecule has 1 N–H and O–H groups in total. The van der Waals surface area contributed by atoms with Gasteiger partial charge >= 0.3 is 0 Å². The summed E-state index contributed by atoms with van der Waals surface area (Å²) in [6.07, 6.45) is 0. The summed E-state index contributed by atoms with van der Waals surface area (Å²) in [5, 5.41) is 2.54. The fraction of sp³-hybridized carbons (Fsp3) is 0.0833. The smallest absolute Gasteiger partial charge is 0.265 e. The number of hydrogen-bond donors (Lipinski definition) is 1. The Morgan fingerprint density at radius 2 is 2.12 bits per heavy atom. The van der Waals surface area contributed by atoms with E-state index in [9.17, 15) is 9.18 Å². The van der Waals surface area contributed by atoms with E-state index in [0.29, 0.717) is 9.35 Å². The van der Waals surface area contributed by atoms with Crippen LogP contribution in [0, 0.1) is 12.7 Å². The molecule has 0 saturated heterocycles. The van der Waals surface area contributed by atoms with Crippen LogP contribution in [0.1, 0.15) is 14.5 Å². The molecule has 2 nitrogen and oxygen atoms in total.